The third-order valence-corrected chi connectivity index (χ3v) is 5.48. The number of aromatic amines is 1. The molecule has 1 amide bonds. The highest BCUT2D eigenvalue weighted by molar-refractivity contribution is 7.09. The molecule has 8 heteroatoms. The second-order valence-corrected chi connectivity index (χ2v) is 7.66. The number of imidazole rings is 1. The van der Waals surface area contributed by atoms with E-state index < -0.39 is 0 Å². The van der Waals surface area contributed by atoms with Crippen LogP contribution < -0.4 is 0 Å². The van der Waals surface area contributed by atoms with E-state index in [0.29, 0.717) is 18.2 Å². The highest BCUT2D eigenvalue weighted by Crippen LogP contribution is 2.24. The van der Waals surface area contributed by atoms with Gasteiger partial charge in [0.15, 0.2) is 0 Å². The maximum absolute atomic E-state index is 12.8. The maximum Gasteiger partial charge on any atom is 0.274 e. The molecule has 0 bridgehead atoms. The van der Waals surface area contributed by atoms with Crippen molar-refractivity contribution >= 4 is 17.2 Å². The molecule has 0 aliphatic heterocycles. The van der Waals surface area contributed by atoms with Gasteiger partial charge in [-0.05, 0) is 19.9 Å². The zero-order valence-corrected chi connectivity index (χ0v) is 16.5. The van der Waals surface area contributed by atoms with Gasteiger partial charge in [0.25, 0.3) is 5.91 Å². The third-order valence-electron chi connectivity index (χ3n) is 4.35. The molecule has 3 aromatic heterocycles. The third kappa shape index (κ3) is 3.70. The number of nitrogens with zero attached hydrogens (tertiary/aromatic N) is 5. The average Bonchev–Trinajstić information content (AvgIpc) is 3.34. The van der Waals surface area contributed by atoms with Crippen LogP contribution in [0.1, 0.15) is 65.4 Å². The first-order chi connectivity index (χ1) is 12.4. The lowest BCUT2D eigenvalue weighted by atomic mass is 10.2. The van der Waals surface area contributed by atoms with Crippen LogP contribution in [-0.4, -0.2) is 42.6 Å². The van der Waals surface area contributed by atoms with Gasteiger partial charge in [-0.1, -0.05) is 13.8 Å². The van der Waals surface area contributed by atoms with Crippen molar-refractivity contribution in [2.45, 2.75) is 46.2 Å². The fourth-order valence-electron chi connectivity index (χ4n) is 2.78. The predicted octanol–water partition coefficient (Wildman–Crippen LogP) is 3.38. The van der Waals surface area contributed by atoms with Gasteiger partial charge in [0.05, 0.1) is 18.3 Å². The minimum absolute atomic E-state index is 0.0949. The minimum Gasteiger partial charge on any atom is -0.331 e. The van der Waals surface area contributed by atoms with Gasteiger partial charge >= 0.3 is 0 Å². The minimum atomic E-state index is -0.123. The molecule has 0 unspecified atom stereocenters. The molecule has 3 heterocycles. The number of rotatable bonds is 6. The Morgan fingerprint density at radius 3 is 2.81 bits per heavy atom. The van der Waals surface area contributed by atoms with E-state index >= 15 is 0 Å². The molecule has 0 saturated heterocycles. The van der Waals surface area contributed by atoms with E-state index in [9.17, 15) is 4.79 Å². The number of H-pyrrole nitrogens is 1. The van der Waals surface area contributed by atoms with Crippen LogP contribution in [0.5, 0.6) is 0 Å². The van der Waals surface area contributed by atoms with E-state index in [4.69, 9.17) is 0 Å². The molecule has 0 fully saturated rings. The van der Waals surface area contributed by atoms with Gasteiger partial charge < -0.3 is 9.47 Å². The van der Waals surface area contributed by atoms with Crippen molar-refractivity contribution in [2.24, 2.45) is 0 Å². The van der Waals surface area contributed by atoms with Crippen LogP contribution in [0.4, 0.5) is 0 Å². The lowest BCUT2D eigenvalue weighted by Gasteiger charge is -2.22. The molecule has 3 rings (SSSR count). The van der Waals surface area contributed by atoms with Gasteiger partial charge in [-0.25, -0.2) is 9.97 Å². The molecule has 0 aliphatic rings. The van der Waals surface area contributed by atoms with E-state index in [2.05, 4.69) is 38.6 Å². The Kier molecular flexibility index (Phi) is 5.22. The summed E-state index contributed by atoms with van der Waals surface area (Å²) in [6.07, 6.45) is 3.74. The fourth-order valence-corrected chi connectivity index (χ4v) is 3.67. The molecule has 1 atom stereocenters. The first-order valence-electron chi connectivity index (χ1n) is 8.61. The Labute approximate surface area is 157 Å². The Morgan fingerprint density at radius 2 is 2.15 bits per heavy atom. The molecule has 7 nitrogen and oxygen atoms in total. The summed E-state index contributed by atoms with van der Waals surface area (Å²) in [5, 5.41) is 10.1. The Morgan fingerprint density at radius 1 is 1.38 bits per heavy atom. The molecular formula is C18H24N6OS. The number of hydrogen-bond acceptors (Lipinski definition) is 5. The van der Waals surface area contributed by atoms with Crippen LogP contribution in [0.25, 0.3) is 0 Å². The molecule has 1 N–H and O–H groups in total. The quantitative estimate of drug-likeness (QED) is 0.719. The van der Waals surface area contributed by atoms with Crippen molar-refractivity contribution in [3.63, 3.8) is 0 Å². The van der Waals surface area contributed by atoms with Crippen molar-refractivity contribution in [1.29, 1.82) is 0 Å². The van der Waals surface area contributed by atoms with Crippen LogP contribution in [0.2, 0.25) is 0 Å². The average molecular weight is 372 g/mol. The van der Waals surface area contributed by atoms with Crippen molar-refractivity contribution < 1.29 is 4.79 Å². The number of thiazole rings is 1. The molecule has 0 aliphatic carbocycles. The van der Waals surface area contributed by atoms with Crippen LogP contribution in [-0.2, 0) is 6.54 Å². The van der Waals surface area contributed by atoms with Gasteiger partial charge in [0.1, 0.15) is 16.5 Å². The zero-order valence-electron chi connectivity index (χ0n) is 15.7. The van der Waals surface area contributed by atoms with E-state index in [1.54, 1.807) is 29.5 Å². The Bertz CT molecular complexity index is 893. The summed E-state index contributed by atoms with van der Waals surface area (Å²) in [7, 11) is 1.78. The molecule has 0 saturated carbocycles. The zero-order chi connectivity index (χ0) is 18.8. The number of aromatic nitrogens is 5. The highest BCUT2D eigenvalue weighted by atomic mass is 32.1. The van der Waals surface area contributed by atoms with Crippen LogP contribution in [0.3, 0.4) is 0 Å². The van der Waals surface area contributed by atoms with Crippen molar-refractivity contribution in [3.05, 3.63) is 51.8 Å². The number of hydrogen-bond donors (Lipinski definition) is 1. The summed E-state index contributed by atoms with van der Waals surface area (Å²) in [5.74, 6) is 1.22. The predicted molar refractivity (Wildman–Crippen MR) is 101 cm³/mol. The lowest BCUT2D eigenvalue weighted by Crippen LogP contribution is -2.29. The van der Waals surface area contributed by atoms with Crippen LogP contribution in [0.15, 0.2) is 23.8 Å². The second-order valence-electron chi connectivity index (χ2n) is 6.77. The molecular weight excluding hydrogens is 348 g/mol. The Balaban J connectivity index is 1.72. The molecule has 0 aromatic carbocycles. The molecule has 138 valence electrons. The van der Waals surface area contributed by atoms with E-state index in [1.165, 1.54) is 0 Å². The van der Waals surface area contributed by atoms with E-state index in [-0.39, 0.29) is 11.9 Å². The summed E-state index contributed by atoms with van der Waals surface area (Å²) in [6, 6.07) is 1.71. The van der Waals surface area contributed by atoms with Crippen molar-refractivity contribution in [1.82, 2.24) is 29.6 Å². The molecule has 26 heavy (non-hydrogen) atoms. The van der Waals surface area contributed by atoms with Gasteiger partial charge in [0.2, 0.25) is 0 Å². The lowest BCUT2D eigenvalue weighted by molar-refractivity contribution is 0.0736. The standard InChI is InChI=1S/C18H24N6OS/c1-11(2)16-19-6-7-24(16)9-14-8-15(22-21-14)18(25)23(5)13(4)17-20-12(3)10-26-17/h6-8,10-11,13H,9H2,1-5H3,(H,21,22)/t13-/m1/s1. The smallest absolute Gasteiger partial charge is 0.274 e. The summed E-state index contributed by atoms with van der Waals surface area (Å²) in [5.41, 5.74) is 2.26. The SMILES string of the molecule is Cc1csc([C@@H](C)N(C)C(=O)c2cc(Cn3ccnc3C(C)C)[nH]n2)n1. The highest BCUT2D eigenvalue weighted by Gasteiger charge is 2.23. The van der Waals surface area contributed by atoms with Crippen LogP contribution in [0, 0.1) is 6.92 Å². The second kappa shape index (κ2) is 7.41. The number of carbonyl (C=O) groups is 1. The summed E-state index contributed by atoms with van der Waals surface area (Å²) in [4.78, 5) is 23.3. The number of aryl methyl sites for hydroxylation is 1. The fraction of sp³-hybridized carbons (Fsp3) is 0.444. The summed E-state index contributed by atoms with van der Waals surface area (Å²) >= 11 is 1.57. The number of amides is 1. The van der Waals surface area contributed by atoms with Gasteiger partial charge in [-0.2, -0.15) is 5.10 Å². The van der Waals surface area contributed by atoms with Gasteiger partial charge in [-0.15, -0.1) is 11.3 Å². The summed E-state index contributed by atoms with van der Waals surface area (Å²) in [6.45, 7) is 8.76. The first-order valence-corrected chi connectivity index (χ1v) is 9.49. The molecule has 3 aromatic rings. The van der Waals surface area contributed by atoms with Crippen molar-refractivity contribution in [3.8, 4) is 0 Å². The summed E-state index contributed by atoms with van der Waals surface area (Å²) < 4.78 is 2.07. The maximum atomic E-state index is 12.8. The molecule has 0 radical (unpaired) electrons. The topological polar surface area (TPSA) is 79.7 Å². The van der Waals surface area contributed by atoms with Crippen molar-refractivity contribution in [2.75, 3.05) is 7.05 Å². The van der Waals surface area contributed by atoms with Gasteiger partial charge in [-0.3, -0.25) is 9.89 Å². The largest absolute Gasteiger partial charge is 0.331 e. The molecule has 0 spiro atoms. The Hall–Kier alpha value is -2.48. The van der Waals surface area contributed by atoms with E-state index in [1.807, 2.05) is 31.5 Å². The number of nitrogens with one attached hydrogen (secondary N) is 1. The van der Waals surface area contributed by atoms with Crippen LogP contribution >= 0.6 is 11.3 Å². The van der Waals surface area contributed by atoms with E-state index in [0.717, 1.165) is 22.2 Å². The number of carbonyl (C=O) groups excluding carboxylic acids is 1. The normalized spacial score (nSPS) is 12.5. The first kappa shape index (κ1) is 18.3. The monoisotopic (exact) mass is 372 g/mol. The van der Waals surface area contributed by atoms with Gasteiger partial charge in [0, 0.05) is 36.4 Å².